The molecular weight excluding hydrogens is 671 g/mol. The van der Waals surface area contributed by atoms with Crippen LogP contribution >= 0.6 is 11.8 Å². The van der Waals surface area contributed by atoms with Crippen LogP contribution in [0.2, 0.25) is 0 Å². The summed E-state index contributed by atoms with van der Waals surface area (Å²) in [5.41, 5.74) is 8.70. The molecular formula is C43H41N3O5S. The number of aromatic nitrogens is 1. The molecule has 1 saturated heterocycles. The predicted molar refractivity (Wildman–Crippen MR) is 204 cm³/mol. The highest BCUT2D eigenvalue weighted by molar-refractivity contribution is 7.99. The number of aliphatic hydroxyl groups excluding tert-OH is 1. The van der Waals surface area contributed by atoms with E-state index in [9.17, 15) is 9.90 Å². The van der Waals surface area contributed by atoms with E-state index >= 15 is 0 Å². The number of rotatable bonds is 12. The molecule has 264 valence electrons. The van der Waals surface area contributed by atoms with E-state index in [1.807, 2.05) is 116 Å². The van der Waals surface area contributed by atoms with Crippen LogP contribution in [0.25, 0.3) is 33.7 Å². The monoisotopic (exact) mass is 711 g/mol. The van der Waals surface area contributed by atoms with Gasteiger partial charge in [0.05, 0.1) is 18.8 Å². The number of hydrogen-bond donors (Lipinski definition) is 3. The SMILES string of the molecule is CCNC(=O)NCc1cccc(-c2ccc([C@H]3O[C@@H](CSc4nc(-c5ccccc5)c(-c5ccccc5)o4)C[C@@H](c4ccc(CO)cc4)O3)cc2)c1. The van der Waals surface area contributed by atoms with E-state index in [0.717, 1.165) is 56.0 Å². The zero-order valence-corrected chi connectivity index (χ0v) is 29.7. The van der Waals surface area contributed by atoms with Gasteiger partial charge in [-0.05, 0) is 40.8 Å². The molecule has 1 fully saturated rings. The van der Waals surface area contributed by atoms with Crippen molar-refractivity contribution in [2.24, 2.45) is 0 Å². The van der Waals surface area contributed by atoms with Crippen molar-refractivity contribution in [2.45, 2.75) is 50.2 Å². The summed E-state index contributed by atoms with van der Waals surface area (Å²) in [5.74, 6) is 1.36. The second-order valence-electron chi connectivity index (χ2n) is 12.6. The van der Waals surface area contributed by atoms with Gasteiger partial charge in [0.15, 0.2) is 12.1 Å². The summed E-state index contributed by atoms with van der Waals surface area (Å²) < 4.78 is 19.7. The van der Waals surface area contributed by atoms with Gasteiger partial charge in [0.1, 0.15) is 5.69 Å². The van der Waals surface area contributed by atoms with Crippen molar-refractivity contribution in [1.29, 1.82) is 0 Å². The Labute approximate surface area is 308 Å². The number of nitrogens with zero attached hydrogens (tertiary/aromatic N) is 1. The number of oxazole rings is 1. The average molecular weight is 712 g/mol. The maximum absolute atomic E-state index is 11.9. The Morgan fingerprint density at radius 3 is 2.15 bits per heavy atom. The molecule has 0 saturated carbocycles. The molecule has 2 amide bonds. The maximum atomic E-state index is 11.9. The van der Waals surface area contributed by atoms with Crippen molar-refractivity contribution in [2.75, 3.05) is 12.3 Å². The maximum Gasteiger partial charge on any atom is 0.315 e. The summed E-state index contributed by atoms with van der Waals surface area (Å²) >= 11 is 1.54. The molecule has 5 aromatic carbocycles. The van der Waals surface area contributed by atoms with Gasteiger partial charge in [-0.2, -0.15) is 0 Å². The van der Waals surface area contributed by atoms with Crippen LogP contribution in [0.15, 0.2) is 143 Å². The van der Waals surface area contributed by atoms with E-state index in [4.69, 9.17) is 18.9 Å². The van der Waals surface area contributed by atoms with E-state index < -0.39 is 6.29 Å². The first-order valence-corrected chi connectivity index (χ1v) is 18.5. The summed E-state index contributed by atoms with van der Waals surface area (Å²) in [7, 11) is 0. The van der Waals surface area contributed by atoms with Crippen LogP contribution < -0.4 is 10.6 Å². The molecule has 3 atom stereocenters. The molecule has 8 nitrogen and oxygen atoms in total. The molecule has 7 rings (SSSR count). The summed E-state index contributed by atoms with van der Waals surface area (Å²) in [6.07, 6.45) is -0.315. The number of benzene rings is 5. The number of amides is 2. The van der Waals surface area contributed by atoms with Crippen LogP contribution in [0.5, 0.6) is 0 Å². The summed E-state index contributed by atoms with van der Waals surface area (Å²) in [4.78, 5) is 16.8. The number of carbonyl (C=O) groups is 1. The normalized spacial score (nSPS) is 17.1. The minimum Gasteiger partial charge on any atom is -0.431 e. The van der Waals surface area contributed by atoms with Crippen LogP contribution in [0.1, 0.15) is 48.0 Å². The number of carbonyl (C=O) groups excluding carboxylic acids is 1. The number of aliphatic hydroxyl groups is 1. The third kappa shape index (κ3) is 8.63. The van der Waals surface area contributed by atoms with E-state index in [1.165, 1.54) is 11.8 Å². The summed E-state index contributed by atoms with van der Waals surface area (Å²) in [6.45, 7) is 2.90. The van der Waals surface area contributed by atoms with Crippen molar-refractivity contribution >= 4 is 17.8 Å². The minimum absolute atomic E-state index is 0.0111. The molecule has 0 unspecified atom stereocenters. The lowest BCUT2D eigenvalue weighted by atomic mass is 9.99. The van der Waals surface area contributed by atoms with Crippen molar-refractivity contribution in [3.63, 3.8) is 0 Å². The Kier molecular flexibility index (Phi) is 11.4. The summed E-state index contributed by atoms with van der Waals surface area (Å²) in [5, 5.41) is 15.9. The van der Waals surface area contributed by atoms with E-state index in [2.05, 4.69) is 34.9 Å². The zero-order chi connectivity index (χ0) is 35.7. The van der Waals surface area contributed by atoms with Gasteiger partial charge < -0.3 is 29.6 Å². The molecule has 1 aliphatic rings. The topological polar surface area (TPSA) is 106 Å². The average Bonchev–Trinajstić information content (AvgIpc) is 3.65. The molecule has 1 aromatic heterocycles. The highest BCUT2D eigenvalue weighted by Crippen LogP contribution is 2.41. The Morgan fingerprint density at radius 1 is 0.750 bits per heavy atom. The van der Waals surface area contributed by atoms with Crippen molar-refractivity contribution in [3.05, 3.63) is 156 Å². The van der Waals surface area contributed by atoms with Crippen molar-refractivity contribution < 1.29 is 23.8 Å². The molecule has 52 heavy (non-hydrogen) atoms. The molecule has 0 bridgehead atoms. The molecule has 0 spiro atoms. The van der Waals surface area contributed by atoms with Gasteiger partial charge in [0.25, 0.3) is 5.22 Å². The Morgan fingerprint density at radius 2 is 1.44 bits per heavy atom. The zero-order valence-electron chi connectivity index (χ0n) is 28.9. The van der Waals surface area contributed by atoms with Gasteiger partial charge in [-0.15, -0.1) is 0 Å². The molecule has 9 heteroatoms. The van der Waals surface area contributed by atoms with Crippen LogP contribution in [-0.4, -0.2) is 34.5 Å². The van der Waals surface area contributed by atoms with Gasteiger partial charge in [-0.3, -0.25) is 0 Å². The van der Waals surface area contributed by atoms with Gasteiger partial charge in [0, 0.05) is 42.0 Å². The van der Waals surface area contributed by atoms with Crippen molar-refractivity contribution in [3.8, 4) is 33.7 Å². The van der Waals surface area contributed by atoms with Gasteiger partial charge in [-0.1, -0.05) is 139 Å². The molecule has 3 N–H and O–H groups in total. The third-order valence-electron chi connectivity index (χ3n) is 8.93. The van der Waals surface area contributed by atoms with Gasteiger partial charge in [-0.25, -0.2) is 9.78 Å². The highest BCUT2D eigenvalue weighted by Gasteiger charge is 2.33. The quantitative estimate of drug-likeness (QED) is 0.109. The lowest BCUT2D eigenvalue weighted by molar-refractivity contribution is -0.245. The van der Waals surface area contributed by atoms with Crippen molar-refractivity contribution in [1.82, 2.24) is 15.6 Å². The van der Waals surface area contributed by atoms with Crippen LogP contribution in [-0.2, 0) is 22.6 Å². The first kappa shape index (κ1) is 35.2. The third-order valence-corrected chi connectivity index (χ3v) is 9.89. The fourth-order valence-corrected chi connectivity index (χ4v) is 7.07. The lowest BCUT2D eigenvalue weighted by Crippen LogP contribution is -2.34. The second-order valence-corrected chi connectivity index (χ2v) is 13.6. The first-order valence-electron chi connectivity index (χ1n) is 17.5. The molecule has 1 aliphatic heterocycles. The predicted octanol–water partition coefficient (Wildman–Crippen LogP) is 9.32. The number of hydrogen-bond acceptors (Lipinski definition) is 7. The number of ether oxygens (including phenoxy) is 2. The fourth-order valence-electron chi connectivity index (χ4n) is 6.23. The number of nitrogens with one attached hydrogen (secondary N) is 2. The van der Waals surface area contributed by atoms with E-state index in [-0.39, 0.29) is 24.8 Å². The smallest absolute Gasteiger partial charge is 0.315 e. The Hall–Kier alpha value is -5.19. The largest absolute Gasteiger partial charge is 0.431 e. The second kappa shape index (κ2) is 16.9. The van der Waals surface area contributed by atoms with Crippen LogP contribution in [0, 0.1) is 0 Å². The lowest BCUT2D eigenvalue weighted by Gasteiger charge is -2.36. The van der Waals surface area contributed by atoms with E-state index in [1.54, 1.807) is 0 Å². The van der Waals surface area contributed by atoms with Gasteiger partial charge in [0.2, 0.25) is 0 Å². The molecule has 0 radical (unpaired) electrons. The Balaban J connectivity index is 1.10. The number of thioether (sulfide) groups is 1. The highest BCUT2D eigenvalue weighted by atomic mass is 32.2. The first-order chi connectivity index (χ1) is 25.6. The fraction of sp³-hybridized carbons (Fsp3) is 0.209. The standard InChI is InChI=1S/C43H41N3O5S/c1-2-44-42(48)45-26-30-10-9-15-36(24-30)31-20-22-35(23-21-31)41-49-37(25-38(50-41)32-18-16-29(27-47)17-19-32)28-52-43-46-39(33-11-5-3-6-12-33)40(51-43)34-13-7-4-8-14-34/h3-24,37-38,41,47H,2,25-28H2,1H3,(H2,44,45,48)/t37-,38+,41+/m1/s1. The molecule has 0 aliphatic carbocycles. The van der Waals surface area contributed by atoms with E-state index in [0.29, 0.717) is 30.5 Å². The molecule has 2 heterocycles. The van der Waals surface area contributed by atoms with Gasteiger partial charge >= 0.3 is 6.03 Å². The summed E-state index contributed by atoms with van der Waals surface area (Å²) in [6, 6.07) is 44.3. The van der Waals surface area contributed by atoms with Crippen LogP contribution in [0.4, 0.5) is 4.79 Å². The number of urea groups is 1. The minimum atomic E-state index is -0.590. The Bertz CT molecular complexity index is 2000. The molecule has 6 aromatic rings. The van der Waals surface area contributed by atoms with Crippen LogP contribution in [0.3, 0.4) is 0 Å².